The van der Waals surface area contributed by atoms with Gasteiger partial charge in [-0.15, -0.1) is 0 Å². The fraction of sp³-hybridized carbons (Fsp3) is 0.586. The minimum atomic E-state index is -1.01. The number of imide groups is 2. The molecule has 240 valence electrons. The first kappa shape index (κ1) is 33.0. The lowest BCUT2D eigenvalue weighted by Gasteiger charge is -2.32. The van der Waals surface area contributed by atoms with Crippen LogP contribution in [0.25, 0.3) is 0 Å². The molecule has 0 saturated carbocycles. The van der Waals surface area contributed by atoms with Gasteiger partial charge in [-0.05, 0) is 18.6 Å². The van der Waals surface area contributed by atoms with E-state index in [0.717, 1.165) is 11.3 Å². The highest BCUT2D eigenvalue weighted by atomic mass is 16.6. The van der Waals surface area contributed by atoms with E-state index in [9.17, 15) is 28.8 Å². The summed E-state index contributed by atoms with van der Waals surface area (Å²) >= 11 is 0. The van der Waals surface area contributed by atoms with Crippen LogP contribution in [0.1, 0.15) is 40.0 Å². The number of rotatable bonds is 18. The number of nitrogens with zero attached hydrogens (tertiary/aromatic N) is 3. The Bertz CT molecular complexity index is 1200. The van der Waals surface area contributed by atoms with Crippen molar-refractivity contribution in [2.24, 2.45) is 0 Å². The summed E-state index contributed by atoms with van der Waals surface area (Å²) in [4.78, 5) is 77.0. The van der Waals surface area contributed by atoms with E-state index in [1.807, 2.05) is 0 Å². The molecule has 15 nitrogen and oxygen atoms in total. The van der Waals surface area contributed by atoms with Crippen LogP contribution in [0.5, 0.6) is 0 Å². The van der Waals surface area contributed by atoms with Crippen LogP contribution in [0.4, 0.5) is 5.69 Å². The average molecular weight is 618 g/mol. The van der Waals surface area contributed by atoms with Gasteiger partial charge in [-0.25, -0.2) is 0 Å². The zero-order valence-electron chi connectivity index (χ0n) is 24.6. The second-order valence-electron chi connectivity index (χ2n) is 10.3. The van der Waals surface area contributed by atoms with E-state index in [0.29, 0.717) is 97.7 Å². The molecule has 15 heteroatoms. The molecule has 1 unspecified atom stereocenters. The monoisotopic (exact) mass is 617 g/mol. The summed E-state index contributed by atoms with van der Waals surface area (Å²) in [5, 5.41) is 5.31. The van der Waals surface area contributed by atoms with Crippen LogP contribution in [0, 0.1) is 0 Å². The molecule has 0 bridgehead atoms. The predicted molar refractivity (Wildman–Crippen MR) is 154 cm³/mol. The topological polar surface area (TPSA) is 173 Å². The highest BCUT2D eigenvalue weighted by molar-refractivity contribution is 6.25. The molecule has 6 amide bonds. The summed E-state index contributed by atoms with van der Waals surface area (Å²) in [6, 6.07) is 3.88. The maximum absolute atomic E-state index is 13.1. The zero-order chi connectivity index (χ0) is 31.3. The van der Waals surface area contributed by atoms with Gasteiger partial charge < -0.3 is 34.1 Å². The standard InChI is InChI=1S/C29H39N5O10/c35-20-32-8-10-33(11-9-32)25(37)6-12-41-14-16-43-18-19-44-17-15-42-13-7-30-22-3-1-2-21-26(22)29(40)34(28(21)39)23-4-5-24(36)31-27(23)38/h1-3,20,23,30H,4-19H2,(H,31,36,38). The molecular formula is C29H39N5O10. The van der Waals surface area contributed by atoms with Crippen molar-refractivity contribution in [3.63, 3.8) is 0 Å². The van der Waals surface area contributed by atoms with Gasteiger partial charge in [-0.1, -0.05) is 6.07 Å². The summed E-state index contributed by atoms with van der Waals surface area (Å²) < 4.78 is 22.0. The van der Waals surface area contributed by atoms with E-state index in [-0.39, 0.29) is 29.9 Å². The Labute approximate surface area is 255 Å². The van der Waals surface area contributed by atoms with Gasteiger partial charge in [0, 0.05) is 44.8 Å². The average Bonchev–Trinajstić information content (AvgIpc) is 3.28. The van der Waals surface area contributed by atoms with Crippen molar-refractivity contribution in [1.82, 2.24) is 20.0 Å². The van der Waals surface area contributed by atoms with Crippen molar-refractivity contribution in [2.75, 3.05) is 90.9 Å². The first-order chi connectivity index (χ1) is 21.4. The van der Waals surface area contributed by atoms with Crippen LogP contribution in [0.3, 0.4) is 0 Å². The molecule has 0 aliphatic carbocycles. The van der Waals surface area contributed by atoms with E-state index in [1.54, 1.807) is 28.0 Å². The predicted octanol–water partition coefficient (Wildman–Crippen LogP) is -0.743. The molecule has 44 heavy (non-hydrogen) atoms. The first-order valence-corrected chi connectivity index (χ1v) is 14.8. The number of piperazine rings is 1. The van der Waals surface area contributed by atoms with Crippen LogP contribution < -0.4 is 10.6 Å². The molecule has 1 aromatic carbocycles. The number of fused-ring (bicyclic) bond motifs is 1. The van der Waals surface area contributed by atoms with E-state index >= 15 is 0 Å². The molecule has 3 aliphatic rings. The highest BCUT2D eigenvalue weighted by Crippen LogP contribution is 2.32. The molecule has 2 saturated heterocycles. The van der Waals surface area contributed by atoms with E-state index in [2.05, 4.69) is 10.6 Å². The Morgan fingerprint density at radius 1 is 0.864 bits per heavy atom. The van der Waals surface area contributed by atoms with Crippen molar-refractivity contribution in [2.45, 2.75) is 25.3 Å². The van der Waals surface area contributed by atoms with E-state index in [1.165, 1.54) is 0 Å². The lowest BCUT2D eigenvalue weighted by atomic mass is 10.0. The molecule has 3 aliphatic heterocycles. The van der Waals surface area contributed by atoms with E-state index in [4.69, 9.17) is 18.9 Å². The van der Waals surface area contributed by atoms with Gasteiger partial charge in [0.1, 0.15) is 6.04 Å². The van der Waals surface area contributed by atoms with Crippen LogP contribution in [-0.2, 0) is 38.1 Å². The molecule has 2 fully saturated rings. The smallest absolute Gasteiger partial charge is 0.264 e. The van der Waals surface area contributed by atoms with Crippen LogP contribution in [-0.4, -0.2) is 142 Å². The van der Waals surface area contributed by atoms with Gasteiger partial charge in [0.25, 0.3) is 11.8 Å². The Morgan fingerprint density at radius 3 is 2.14 bits per heavy atom. The van der Waals surface area contributed by atoms with Gasteiger partial charge >= 0.3 is 0 Å². The van der Waals surface area contributed by atoms with Crippen molar-refractivity contribution in [3.8, 4) is 0 Å². The molecule has 4 rings (SSSR count). The maximum atomic E-state index is 13.1. The maximum Gasteiger partial charge on any atom is 0.264 e. The summed E-state index contributed by atoms with van der Waals surface area (Å²) in [5.41, 5.74) is 0.886. The number of anilines is 1. The number of carbonyl (C=O) groups is 6. The third kappa shape index (κ3) is 8.81. The van der Waals surface area contributed by atoms with Crippen molar-refractivity contribution in [3.05, 3.63) is 29.3 Å². The molecule has 2 N–H and O–H groups in total. The summed E-state index contributed by atoms with van der Waals surface area (Å²) in [6.45, 7) is 5.55. The van der Waals surface area contributed by atoms with E-state index < -0.39 is 29.7 Å². The quantitative estimate of drug-likeness (QED) is 0.121. The third-order valence-electron chi connectivity index (χ3n) is 7.42. The van der Waals surface area contributed by atoms with Gasteiger partial charge in [0.15, 0.2) is 0 Å². The summed E-state index contributed by atoms with van der Waals surface area (Å²) in [5.74, 6) is -2.16. The van der Waals surface area contributed by atoms with Crippen molar-refractivity contribution < 1.29 is 47.7 Å². The van der Waals surface area contributed by atoms with Crippen LogP contribution >= 0.6 is 0 Å². The summed E-state index contributed by atoms with van der Waals surface area (Å²) in [6.07, 6.45) is 1.27. The second kappa shape index (κ2) is 16.8. The molecule has 1 atom stereocenters. The second-order valence-corrected chi connectivity index (χ2v) is 10.3. The van der Waals surface area contributed by atoms with Crippen LogP contribution in [0.2, 0.25) is 0 Å². The van der Waals surface area contributed by atoms with Gasteiger partial charge in [-0.2, -0.15) is 0 Å². The lowest BCUT2D eigenvalue weighted by Crippen LogP contribution is -2.54. The summed E-state index contributed by atoms with van der Waals surface area (Å²) in [7, 11) is 0. The highest BCUT2D eigenvalue weighted by Gasteiger charge is 2.45. The Balaban J connectivity index is 0.999. The number of hydrogen-bond acceptors (Lipinski definition) is 11. The first-order valence-electron chi connectivity index (χ1n) is 14.8. The Kier molecular flexibility index (Phi) is 12.6. The molecular weight excluding hydrogens is 578 g/mol. The Hall–Kier alpha value is -3.92. The number of carbonyl (C=O) groups excluding carboxylic acids is 6. The number of benzene rings is 1. The van der Waals surface area contributed by atoms with Gasteiger partial charge in [-0.3, -0.25) is 39.0 Å². The number of amides is 6. The molecule has 0 radical (unpaired) electrons. The largest absolute Gasteiger partial charge is 0.382 e. The fourth-order valence-electron chi connectivity index (χ4n) is 5.08. The normalized spacial score (nSPS) is 18.5. The van der Waals surface area contributed by atoms with Gasteiger partial charge in [0.2, 0.25) is 24.1 Å². The minimum Gasteiger partial charge on any atom is -0.382 e. The third-order valence-corrected chi connectivity index (χ3v) is 7.42. The Morgan fingerprint density at radius 2 is 1.50 bits per heavy atom. The molecule has 1 aromatic rings. The fourth-order valence-corrected chi connectivity index (χ4v) is 5.08. The lowest BCUT2D eigenvalue weighted by molar-refractivity contribution is -0.137. The van der Waals surface area contributed by atoms with Crippen LogP contribution in [0.15, 0.2) is 18.2 Å². The minimum absolute atomic E-state index is 0.0244. The number of piperidine rings is 1. The van der Waals surface area contributed by atoms with Gasteiger partial charge in [0.05, 0.1) is 70.4 Å². The number of hydrogen-bond donors (Lipinski definition) is 2. The molecule has 0 spiro atoms. The zero-order valence-corrected chi connectivity index (χ0v) is 24.6. The SMILES string of the molecule is O=CN1CCN(C(=O)CCOCCOCCOCCOCCNc2cccc3c2C(=O)N(C2CCC(=O)NC2=O)C3=O)CC1. The molecule has 0 aromatic heterocycles. The number of ether oxygens (including phenoxy) is 4. The van der Waals surface area contributed by atoms with Crippen molar-refractivity contribution in [1.29, 1.82) is 0 Å². The number of nitrogens with one attached hydrogen (secondary N) is 2. The van der Waals surface area contributed by atoms with Crippen molar-refractivity contribution >= 4 is 41.6 Å². The molecule has 3 heterocycles.